The minimum Gasteiger partial charge on any atom is -0.493 e. The second-order valence-corrected chi connectivity index (χ2v) is 5.55. The molecule has 2 aromatic rings. The van der Waals surface area contributed by atoms with Crippen LogP contribution < -0.4 is 24.3 Å². The average molecular weight is 359 g/mol. The normalized spacial score (nSPS) is 11.4. The molecule has 2 aromatic carbocycles. The molecule has 6 heteroatoms. The standard InChI is InChI=1S/C20H25NO5/c1-5-25-17-8-6-7-9-18(17)26-14(2)20(22)21-13-15-10-11-16(23-3)19(12-15)24-4/h6-12,14H,5,13H2,1-4H3,(H,21,22). The van der Waals surface area contributed by atoms with Crippen molar-refractivity contribution in [2.45, 2.75) is 26.5 Å². The molecule has 0 saturated carbocycles. The fourth-order valence-electron chi connectivity index (χ4n) is 2.39. The molecule has 0 saturated heterocycles. The first-order chi connectivity index (χ1) is 12.6. The third kappa shape index (κ3) is 5.05. The summed E-state index contributed by atoms with van der Waals surface area (Å²) in [5, 5.41) is 2.86. The molecule has 1 N–H and O–H groups in total. The van der Waals surface area contributed by atoms with E-state index in [-0.39, 0.29) is 5.91 Å². The van der Waals surface area contributed by atoms with Crippen LogP contribution >= 0.6 is 0 Å². The molecule has 1 amide bonds. The van der Waals surface area contributed by atoms with Gasteiger partial charge in [-0.15, -0.1) is 0 Å². The van der Waals surface area contributed by atoms with Crippen LogP contribution in [0.15, 0.2) is 42.5 Å². The van der Waals surface area contributed by atoms with Gasteiger partial charge in [0.2, 0.25) is 0 Å². The second kappa shape index (κ2) is 9.56. The van der Waals surface area contributed by atoms with E-state index in [0.717, 1.165) is 5.56 Å². The van der Waals surface area contributed by atoms with Crippen LogP contribution in [0.25, 0.3) is 0 Å². The van der Waals surface area contributed by atoms with Crippen LogP contribution in [-0.2, 0) is 11.3 Å². The predicted molar refractivity (Wildman–Crippen MR) is 99.1 cm³/mol. The lowest BCUT2D eigenvalue weighted by atomic mass is 10.2. The van der Waals surface area contributed by atoms with Crippen LogP contribution in [0.3, 0.4) is 0 Å². The molecule has 0 heterocycles. The van der Waals surface area contributed by atoms with E-state index in [1.807, 2.05) is 37.3 Å². The molecule has 1 unspecified atom stereocenters. The monoisotopic (exact) mass is 359 g/mol. The zero-order valence-corrected chi connectivity index (χ0v) is 15.6. The van der Waals surface area contributed by atoms with E-state index in [1.54, 1.807) is 33.3 Å². The number of nitrogens with one attached hydrogen (secondary N) is 1. The van der Waals surface area contributed by atoms with Gasteiger partial charge in [-0.3, -0.25) is 4.79 Å². The smallest absolute Gasteiger partial charge is 0.261 e. The molecule has 0 aromatic heterocycles. The SMILES string of the molecule is CCOc1ccccc1OC(C)C(=O)NCc1ccc(OC)c(OC)c1. The van der Waals surface area contributed by atoms with Crippen LogP contribution in [0.1, 0.15) is 19.4 Å². The first-order valence-electron chi connectivity index (χ1n) is 8.46. The molecule has 0 bridgehead atoms. The minimum absolute atomic E-state index is 0.217. The molecule has 0 aliphatic rings. The Hall–Kier alpha value is -2.89. The second-order valence-electron chi connectivity index (χ2n) is 5.55. The lowest BCUT2D eigenvalue weighted by molar-refractivity contribution is -0.127. The van der Waals surface area contributed by atoms with Gasteiger partial charge >= 0.3 is 0 Å². The number of carbonyl (C=O) groups excluding carboxylic acids is 1. The number of benzene rings is 2. The van der Waals surface area contributed by atoms with E-state index in [0.29, 0.717) is 36.1 Å². The van der Waals surface area contributed by atoms with E-state index in [2.05, 4.69) is 5.32 Å². The van der Waals surface area contributed by atoms with Crippen LogP contribution in [-0.4, -0.2) is 32.8 Å². The molecule has 26 heavy (non-hydrogen) atoms. The number of hydrogen-bond acceptors (Lipinski definition) is 5. The van der Waals surface area contributed by atoms with E-state index in [4.69, 9.17) is 18.9 Å². The summed E-state index contributed by atoms with van der Waals surface area (Å²) in [5.74, 6) is 2.21. The van der Waals surface area contributed by atoms with Crippen molar-refractivity contribution >= 4 is 5.91 Å². The molecule has 0 spiro atoms. The highest BCUT2D eigenvalue weighted by molar-refractivity contribution is 5.80. The van der Waals surface area contributed by atoms with Gasteiger partial charge in [0.15, 0.2) is 29.1 Å². The number of para-hydroxylation sites is 2. The predicted octanol–water partition coefficient (Wildman–Crippen LogP) is 3.19. The molecule has 140 valence electrons. The summed E-state index contributed by atoms with van der Waals surface area (Å²) in [7, 11) is 3.16. The molecule has 0 fully saturated rings. The summed E-state index contributed by atoms with van der Waals surface area (Å²) in [5.41, 5.74) is 0.901. The Bertz CT molecular complexity index is 732. The molecule has 0 radical (unpaired) electrons. The Morgan fingerprint density at radius 3 is 2.35 bits per heavy atom. The summed E-state index contributed by atoms with van der Waals surface area (Å²) in [4.78, 5) is 12.3. The lowest BCUT2D eigenvalue weighted by Crippen LogP contribution is -2.36. The van der Waals surface area contributed by atoms with Gasteiger partial charge in [-0.2, -0.15) is 0 Å². The maximum absolute atomic E-state index is 12.3. The van der Waals surface area contributed by atoms with Gasteiger partial charge in [0.1, 0.15) is 0 Å². The Kier molecular flexibility index (Phi) is 7.14. The van der Waals surface area contributed by atoms with Crippen LogP contribution in [0.5, 0.6) is 23.0 Å². The van der Waals surface area contributed by atoms with Crippen molar-refractivity contribution in [3.63, 3.8) is 0 Å². The lowest BCUT2D eigenvalue weighted by Gasteiger charge is -2.17. The van der Waals surface area contributed by atoms with Crippen molar-refractivity contribution in [2.75, 3.05) is 20.8 Å². The Morgan fingerprint density at radius 2 is 1.69 bits per heavy atom. The number of ether oxygens (including phenoxy) is 4. The third-order valence-corrected chi connectivity index (χ3v) is 3.74. The summed E-state index contributed by atoms with van der Waals surface area (Å²) in [6, 6.07) is 12.8. The summed E-state index contributed by atoms with van der Waals surface area (Å²) in [6.45, 7) is 4.49. The summed E-state index contributed by atoms with van der Waals surface area (Å²) >= 11 is 0. The Labute approximate surface area is 154 Å². The van der Waals surface area contributed by atoms with Crippen molar-refractivity contribution in [3.8, 4) is 23.0 Å². The van der Waals surface area contributed by atoms with E-state index >= 15 is 0 Å². The quantitative estimate of drug-likeness (QED) is 0.745. The van der Waals surface area contributed by atoms with Crippen molar-refractivity contribution in [1.29, 1.82) is 0 Å². The van der Waals surface area contributed by atoms with E-state index < -0.39 is 6.10 Å². The van der Waals surface area contributed by atoms with Gasteiger partial charge in [-0.1, -0.05) is 18.2 Å². The number of carbonyl (C=O) groups is 1. The maximum atomic E-state index is 12.3. The molecule has 6 nitrogen and oxygen atoms in total. The molecule has 1 atom stereocenters. The van der Waals surface area contributed by atoms with Crippen molar-refractivity contribution in [1.82, 2.24) is 5.32 Å². The first kappa shape index (κ1) is 19.4. The Morgan fingerprint density at radius 1 is 1.00 bits per heavy atom. The van der Waals surface area contributed by atoms with E-state index in [9.17, 15) is 4.79 Å². The first-order valence-corrected chi connectivity index (χ1v) is 8.46. The zero-order valence-electron chi connectivity index (χ0n) is 15.6. The van der Waals surface area contributed by atoms with Gasteiger partial charge in [-0.25, -0.2) is 0 Å². The molecule has 2 rings (SSSR count). The van der Waals surface area contributed by atoms with Crippen LogP contribution in [0.4, 0.5) is 0 Å². The van der Waals surface area contributed by atoms with E-state index in [1.165, 1.54) is 0 Å². The fraction of sp³-hybridized carbons (Fsp3) is 0.350. The van der Waals surface area contributed by atoms with Gasteiger partial charge in [0.05, 0.1) is 20.8 Å². The maximum Gasteiger partial charge on any atom is 0.261 e. The van der Waals surface area contributed by atoms with Crippen LogP contribution in [0, 0.1) is 0 Å². The summed E-state index contributed by atoms with van der Waals surface area (Å²) < 4.78 is 21.7. The van der Waals surface area contributed by atoms with Crippen molar-refractivity contribution < 1.29 is 23.7 Å². The highest BCUT2D eigenvalue weighted by Gasteiger charge is 2.16. The topological polar surface area (TPSA) is 66.0 Å². The summed E-state index contributed by atoms with van der Waals surface area (Å²) in [6.07, 6.45) is -0.656. The fourth-order valence-corrected chi connectivity index (χ4v) is 2.39. The largest absolute Gasteiger partial charge is 0.493 e. The number of methoxy groups -OCH3 is 2. The van der Waals surface area contributed by atoms with Gasteiger partial charge in [0.25, 0.3) is 5.91 Å². The van der Waals surface area contributed by atoms with Gasteiger partial charge in [0, 0.05) is 6.54 Å². The third-order valence-electron chi connectivity index (χ3n) is 3.74. The van der Waals surface area contributed by atoms with Crippen molar-refractivity contribution in [3.05, 3.63) is 48.0 Å². The van der Waals surface area contributed by atoms with Crippen molar-refractivity contribution in [2.24, 2.45) is 0 Å². The number of hydrogen-bond donors (Lipinski definition) is 1. The minimum atomic E-state index is -0.656. The molecular formula is C20H25NO5. The highest BCUT2D eigenvalue weighted by atomic mass is 16.5. The molecule has 0 aliphatic heterocycles. The van der Waals surface area contributed by atoms with Gasteiger partial charge in [-0.05, 0) is 43.7 Å². The molecule has 0 aliphatic carbocycles. The number of amides is 1. The highest BCUT2D eigenvalue weighted by Crippen LogP contribution is 2.28. The van der Waals surface area contributed by atoms with Gasteiger partial charge < -0.3 is 24.3 Å². The van der Waals surface area contributed by atoms with Crippen LogP contribution in [0.2, 0.25) is 0 Å². The zero-order chi connectivity index (χ0) is 18.9. The molecular weight excluding hydrogens is 334 g/mol. The number of rotatable bonds is 9. The Balaban J connectivity index is 1.95. The average Bonchev–Trinajstić information content (AvgIpc) is 2.67.